The highest BCUT2D eigenvalue weighted by Crippen LogP contribution is 2.30. The Balaban J connectivity index is 1.60. The molecule has 0 saturated carbocycles. The number of benzene rings is 2. The lowest BCUT2D eigenvalue weighted by molar-refractivity contribution is 0.0636. The first kappa shape index (κ1) is 22.9. The summed E-state index contributed by atoms with van der Waals surface area (Å²) in [6.45, 7) is 6.64. The summed E-state index contributed by atoms with van der Waals surface area (Å²) in [5.74, 6) is 0. The Morgan fingerprint density at radius 2 is 1.84 bits per heavy atom. The summed E-state index contributed by atoms with van der Waals surface area (Å²) in [7, 11) is 0. The minimum absolute atomic E-state index is 0.336. The van der Waals surface area contributed by atoms with Gasteiger partial charge in [-0.3, -0.25) is 5.32 Å². The van der Waals surface area contributed by atoms with Gasteiger partial charge in [0, 0.05) is 11.1 Å². The lowest BCUT2D eigenvalue weighted by atomic mass is 9.98. The van der Waals surface area contributed by atoms with Gasteiger partial charge in [0.05, 0.1) is 19.3 Å². The molecular formula is C24H29N3O3S. The summed E-state index contributed by atoms with van der Waals surface area (Å²) >= 11 is 1.35. The molecule has 3 aromatic rings. The molecule has 2 aromatic carbocycles. The van der Waals surface area contributed by atoms with Crippen molar-refractivity contribution in [2.45, 2.75) is 45.4 Å². The molecular weight excluding hydrogens is 410 g/mol. The van der Waals surface area contributed by atoms with E-state index in [0.717, 1.165) is 28.0 Å². The van der Waals surface area contributed by atoms with Crippen LogP contribution in [0.1, 0.15) is 48.4 Å². The predicted octanol–water partition coefficient (Wildman–Crippen LogP) is 5.30. The second kappa shape index (κ2) is 10.5. The first-order valence-electron chi connectivity index (χ1n) is 10.2. The van der Waals surface area contributed by atoms with E-state index < -0.39 is 11.7 Å². The van der Waals surface area contributed by atoms with Crippen molar-refractivity contribution in [1.82, 2.24) is 4.98 Å². The number of thiazole rings is 1. The third-order valence-electron chi connectivity index (χ3n) is 4.46. The SMILES string of the molecule is CC(C)(C)OC(=O)Nc1ncc([C@@H](N)c2ccccc2CCOCc2ccccc2)s1. The van der Waals surface area contributed by atoms with Crippen LogP contribution in [-0.4, -0.2) is 23.3 Å². The van der Waals surface area contributed by atoms with Crippen LogP contribution in [0.15, 0.2) is 60.8 Å². The molecule has 1 aromatic heterocycles. The van der Waals surface area contributed by atoms with Crippen molar-refractivity contribution in [3.05, 3.63) is 82.4 Å². The van der Waals surface area contributed by atoms with Crippen LogP contribution in [0.25, 0.3) is 0 Å². The Bertz CT molecular complexity index is 983. The Morgan fingerprint density at radius 3 is 2.58 bits per heavy atom. The van der Waals surface area contributed by atoms with Crippen molar-refractivity contribution < 1.29 is 14.3 Å². The number of ether oxygens (including phenoxy) is 2. The Labute approximate surface area is 187 Å². The first-order chi connectivity index (χ1) is 14.8. The second-order valence-corrected chi connectivity index (χ2v) is 9.22. The predicted molar refractivity (Wildman–Crippen MR) is 124 cm³/mol. The van der Waals surface area contributed by atoms with Gasteiger partial charge >= 0.3 is 6.09 Å². The third kappa shape index (κ3) is 7.17. The molecule has 1 amide bonds. The fraction of sp³-hybridized carbons (Fsp3) is 0.333. The molecule has 3 rings (SSSR count). The summed E-state index contributed by atoms with van der Waals surface area (Å²) in [4.78, 5) is 17.1. The molecule has 0 unspecified atom stereocenters. The zero-order valence-corrected chi connectivity index (χ0v) is 18.9. The van der Waals surface area contributed by atoms with E-state index in [1.807, 2.05) is 57.2 Å². The van der Waals surface area contributed by atoms with Gasteiger partial charge in [0.15, 0.2) is 5.13 Å². The average molecular weight is 440 g/mol. The van der Waals surface area contributed by atoms with Crippen LogP contribution in [0.2, 0.25) is 0 Å². The lowest BCUT2D eigenvalue weighted by Crippen LogP contribution is -2.27. The van der Waals surface area contributed by atoms with Crippen LogP contribution >= 0.6 is 11.3 Å². The summed E-state index contributed by atoms with van der Waals surface area (Å²) in [6, 6.07) is 17.9. The number of rotatable bonds is 8. The van der Waals surface area contributed by atoms with Gasteiger partial charge in [0.2, 0.25) is 0 Å². The average Bonchev–Trinajstić information content (AvgIpc) is 3.18. The summed E-state index contributed by atoms with van der Waals surface area (Å²) in [5, 5.41) is 3.13. The van der Waals surface area contributed by atoms with Crippen LogP contribution in [-0.2, 0) is 22.5 Å². The van der Waals surface area contributed by atoms with Crippen molar-refractivity contribution in [3.63, 3.8) is 0 Å². The van der Waals surface area contributed by atoms with E-state index in [1.165, 1.54) is 11.3 Å². The number of aromatic nitrogens is 1. The molecule has 0 saturated heterocycles. The van der Waals surface area contributed by atoms with E-state index in [2.05, 4.69) is 28.5 Å². The van der Waals surface area contributed by atoms with Gasteiger partial charge in [-0.05, 0) is 43.9 Å². The molecule has 0 fully saturated rings. The topological polar surface area (TPSA) is 86.5 Å². The molecule has 3 N–H and O–H groups in total. The van der Waals surface area contributed by atoms with Crippen LogP contribution in [0.4, 0.5) is 9.93 Å². The van der Waals surface area contributed by atoms with Gasteiger partial charge < -0.3 is 15.2 Å². The van der Waals surface area contributed by atoms with Gasteiger partial charge in [-0.25, -0.2) is 9.78 Å². The number of anilines is 1. The minimum atomic E-state index is -0.567. The monoisotopic (exact) mass is 439 g/mol. The molecule has 7 heteroatoms. The molecule has 0 bridgehead atoms. The molecule has 1 heterocycles. The van der Waals surface area contributed by atoms with Crippen LogP contribution < -0.4 is 11.1 Å². The number of hydrogen-bond acceptors (Lipinski definition) is 6. The molecule has 164 valence electrons. The van der Waals surface area contributed by atoms with Gasteiger partial charge in [-0.15, -0.1) is 0 Å². The summed E-state index contributed by atoms with van der Waals surface area (Å²) in [5.41, 5.74) is 9.29. The van der Waals surface area contributed by atoms with E-state index in [9.17, 15) is 4.79 Å². The second-order valence-electron chi connectivity index (χ2n) is 8.16. The fourth-order valence-corrected chi connectivity index (χ4v) is 3.87. The van der Waals surface area contributed by atoms with Crippen molar-refractivity contribution in [2.75, 3.05) is 11.9 Å². The number of nitrogens with zero attached hydrogens (tertiary/aromatic N) is 1. The number of nitrogens with one attached hydrogen (secondary N) is 1. The molecule has 1 atom stereocenters. The van der Waals surface area contributed by atoms with E-state index in [0.29, 0.717) is 18.3 Å². The normalized spacial score (nSPS) is 12.4. The van der Waals surface area contributed by atoms with Gasteiger partial charge in [0.1, 0.15) is 5.60 Å². The molecule has 31 heavy (non-hydrogen) atoms. The maximum atomic E-state index is 12.0. The number of amides is 1. The molecule has 0 aliphatic carbocycles. The molecule has 6 nitrogen and oxygen atoms in total. The zero-order valence-electron chi connectivity index (χ0n) is 18.1. The number of carbonyl (C=O) groups is 1. The van der Waals surface area contributed by atoms with Crippen LogP contribution in [0, 0.1) is 0 Å². The van der Waals surface area contributed by atoms with E-state index >= 15 is 0 Å². The van der Waals surface area contributed by atoms with E-state index in [-0.39, 0.29) is 6.04 Å². The molecule has 0 radical (unpaired) electrons. The summed E-state index contributed by atoms with van der Waals surface area (Å²) < 4.78 is 11.1. The van der Waals surface area contributed by atoms with E-state index in [1.54, 1.807) is 6.20 Å². The van der Waals surface area contributed by atoms with E-state index in [4.69, 9.17) is 15.2 Å². The van der Waals surface area contributed by atoms with Crippen molar-refractivity contribution in [3.8, 4) is 0 Å². The lowest BCUT2D eigenvalue weighted by Gasteiger charge is -2.19. The number of nitrogens with two attached hydrogens (primary N) is 1. The minimum Gasteiger partial charge on any atom is -0.444 e. The number of hydrogen-bond donors (Lipinski definition) is 2. The highest BCUT2D eigenvalue weighted by molar-refractivity contribution is 7.15. The highest BCUT2D eigenvalue weighted by Gasteiger charge is 2.19. The quantitative estimate of drug-likeness (QED) is 0.465. The van der Waals surface area contributed by atoms with Crippen LogP contribution in [0.3, 0.4) is 0 Å². The molecule has 0 aliphatic rings. The Hall–Kier alpha value is -2.74. The Morgan fingerprint density at radius 1 is 1.13 bits per heavy atom. The van der Waals surface area contributed by atoms with Gasteiger partial charge in [0.25, 0.3) is 0 Å². The third-order valence-corrected chi connectivity index (χ3v) is 5.45. The zero-order chi connectivity index (χ0) is 22.3. The standard InChI is InChI=1S/C24H29N3O3S/c1-24(2,3)30-23(28)27-22-26-15-20(31-22)21(25)19-12-8-7-11-18(19)13-14-29-16-17-9-5-4-6-10-17/h4-12,15,21H,13-14,16,25H2,1-3H3,(H,26,27,28)/t21-/m0/s1. The smallest absolute Gasteiger partial charge is 0.413 e. The molecule has 0 spiro atoms. The summed E-state index contributed by atoms with van der Waals surface area (Å²) in [6.07, 6.45) is 1.93. The largest absolute Gasteiger partial charge is 0.444 e. The highest BCUT2D eigenvalue weighted by atomic mass is 32.1. The first-order valence-corrected chi connectivity index (χ1v) is 11.0. The van der Waals surface area contributed by atoms with Gasteiger partial charge in [-0.1, -0.05) is 65.9 Å². The van der Waals surface area contributed by atoms with Crippen LogP contribution in [0.5, 0.6) is 0 Å². The maximum Gasteiger partial charge on any atom is 0.413 e. The maximum absolute atomic E-state index is 12.0. The number of carbonyl (C=O) groups excluding carboxylic acids is 1. The Kier molecular flexibility index (Phi) is 7.79. The fourth-order valence-electron chi connectivity index (χ4n) is 3.04. The van der Waals surface area contributed by atoms with Crippen molar-refractivity contribution in [1.29, 1.82) is 0 Å². The molecule has 0 aliphatic heterocycles. The van der Waals surface area contributed by atoms with Crippen molar-refractivity contribution in [2.24, 2.45) is 5.73 Å². The van der Waals surface area contributed by atoms with Crippen molar-refractivity contribution >= 4 is 22.6 Å². The van der Waals surface area contributed by atoms with Gasteiger partial charge in [-0.2, -0.15) is 0 Å².